The molecule has 30 heavy (non-hydrogen) atoms. The van der Waals surface area contributed by atoms with Crippen LogP contribution in [0.25, 0.3) is 0 Å². The molecule has 10 heteroatoms. The van der Waals surface area contributed by atoms with Gasteiger partial charge in [0, 0.05) is 18.6 Å². The first kappa shape index (κ1) is 21.6. The molecular formula is C20H26N4O3S3. The SMILES string of the molecule is O=C(CSc1nnc(NCc2ccccc2)s1)N(C1CCCC1)C1CCS(=O)(=O)C1. The topological polar surface area (TPSA) is 92.3 Å². The molecule has 7 nitrogen and oxygen atoms in total. The summed E-state index contributed by atoms with van der Waals surface area (Å²) in [5, 5.41) is 12.3. The molecule has 2 aliphatic rings. The minimum absolute atomic E-state index is 0.0167. The number of amides is 1. The molecule has 162 valence electrons. The Morgan fingerprint density at radius 3 is 2.60 bits per heavy atom. The van der Waals surface area contributed by atoms with Crippen molar-refractivity contribution in [3.05, 3.63) is 35.9 Å². The monoisotopic (exact) mass is 466 g/mol. The van der Waals surface area contributed by atoms with Gasteiger partial charge in [0.2, 0.25) is 11.0 Å². The number of nitrogens with zero attached hydrogens (tertiary/aromatic N) is 3. The standard InChI is InChI=1S/C20H26N4O3S3/c25-18(24(16-8-4-5-9-16)17-10-11-30(26,27)14-17)13-28-20-23-22-19(29-20)21-12-15-6-2-1-3-7-15/h1-3,6-7,16-17H,4-5,8-14H2,(H,21,22). The summed E-state index contributed by atoms with van der Waals surface area (Å²) >= 11 is 2.81. The number of nitrogens with one attached hydrogen (secondary N) is 1. The Morgan fingerprint density at radius 1 is 1.13 bits per heavy atom. The lowest BCUT2D eigenvalue weighted by Gasteiger charge is -2.34. The van der Waals surface area contributed by atoms with Crippen molar-refractivity contribution < 1.29 is 13.2 Å². The summed E-state index contributed by atoms with van der Waals surface area (Å²) in [5.74, 6) is 0.573. The smallest absolute Gasteiger partial charge is 0.233 e. The van der Waals surface area contributed by atoms with Crippen LogP contribution < -0.4 is 5.32 Å². The van der Waals surface area contributed by atoms with Gasteiger partial charge in [-0.15, -0.1) is 10.2 Å². The number of carbonyl (C=O) groups is 1. The maximum absolute atomic E-state index is 13.1. The van der Waals surface area contributed by atoms with Crippen molar-refractivity contribution >= 4 is 44.0 Å². The molecule has 1 aliphatic carbocycles. The molecule has 1 N–H and O–H groups in total. The van der Waals surface area contributed by atoms with Crippen LogP contribution in [-0.2, 0) is 21.2 Å². The van der Waals surface area contributed by atoms with E-state index in [4.69, 9.17) is 0 Å². The minimum atomic E-state index is -3.03. The summed E-state index contributed by atoms with van der Waals surface area (Å²) in [5.41, 5.74) is 1.16. The van der Waals surface area contributed by atoms with E-state index in [1.807, 2.05) is 35.2 Å². The van der Waals surface area contributed by atoms with Crippen molar-refractivity contribution in [1.82, 2.24) is 15.1 Å². The van der Waals surface area contributed by atoms with E-state index in [-0.39, 0.29) is 35.2 Å². The molecule has 0 bridgehead atoms. The highest BCUT2D eigenvalue weighted by atomic mass is 32.2. The number of hydrogen-bond acceptors (Lipinski definition) is 8. The van der Waals surface area contributed by atoms with Gasteiger partial charge in [-0.1, -0.05) is 66.3 Å². The number of sulfone groups is 1. The van der Waals surface area contributed by atoms with Crippen molar-refractivity contribution in [2.75, 3.05) is 22.6 Å². The number of rotatable bonds is 8. The fourth-order valence-corrected chi connectivity index (χ4v) is 7.52. The van der Waals surface area contributed by atoms with Crippen molar-refractivity contribution in [2.24, 2.45) is 0 Å². The van der Waals surface area contributed by atoms with E-state index in [1.54, 1.807) is 0 Å². The van der Waals surface area contributed by atoms with E-state index in [9.17, 15) is 13.2 Å². The van der Waals surface area contributed by atoms with Gasteiger partial charge in [0.05, 0.1) is 17.3 Å². The van der Waals surface area contributed by atoms with Gasteiger partial charge < -0.3 is 10.2 Å². The van der Waals surface area contributed by atoms with Crippen LogP contribution in [0.5, 0.6) is 0 Å². The Bertz CT molecular complexity index is 959. The highest BCUT2D eigenvalue weighted by molar-refractivity contribution is 8.01. The maximum atomic E-state index is 13.1. The average molecular weight is 467 g/mol. The molecule has 1 amide bonds. The predicted molar refractivity (Wildman–Crippen MR) is 121 cm³/mol. The molecule has 1 aromatic carbocycles. The van der Waals surface area contributed by atoms with Gasteiger partial charge in [-0.25, -0.2) is 8.42 Å². The number of aromatic nitrogens is 2. The summed E-state index contributed by atoms with van der Waals surface area (Å²) in [6, 6.07) is 10.1. The first-order valence-electron chi connectivity index (χ1n) is 10.3. The van der Waals surface area contributed by atoms with Crippen LogP contribution in [-0.4, -0.2) is 58.8 Å². The molecule has 1 aromatic heterocycles. The van der Waals surface area contributed by atoms with Gasteiger partial charge in [-0.05, 0) is 24.8 Å². The van der Waals surface area contributed by atoms with E-state index in [1.165, 1.54) is 23.1 Å². The van der Waals surface area contributed by atoms with Crippen LogP contribution in [0.3, 0.4) is 0 Å². The van der Waals surface area contributed by atoms with Gasteiger partial charge >= 0.3 is 0 Å². The molecule has 1 saturated carbocycles. The van der Waals surface area contributed by atoms with E-state index in [0.717, 1.165) is 40.7 Å². The van der Waals surface area contributed by atoms with Crippen LogP contribution in [0, 0.1) is 0 Å². The maximum Gasteiger partial charge on any atom is 0.233 e. The zero-order chi connectivity index (χ0) is 21.0. The second kappa shape index (κ2) is 9.65. The molecule has 2 aromatic rings. The Labute approximate surface area is 185 Å². The van der Waals surface area contributed by atoms with Crippen LogP contribution >= 0.6 is 23.1 Å². The Morgan fingerprint density at radius 2 is 1.90 bits per heavy atom. The lowest BCUT2D eigenvalue weighted by Crippen LogP contribution is -2.47. The van der Waals surface area contributed by atoms with Crippen molar-refractivity contribution in [2.45, 2.75) is 55.1 Å². The van der Waals surface area contributed by atoms with E-state index < -0.39 is 9.84 Å². The van der Waals surface area contributed by atoms with E-state index in [0.29, 0.717) is 13.0 Å². The van der Waals surface area contributed by atoms with Crippen LogP contribution in [0.1, 0.15) is 37.7 Å². The molecule has 2 fully saturated rings. The van der Waals surface area contributed by atoms with Crippen molar-refractivity contribution in [1.29, 1.82) is 0 Å². The van der Waals surface area contributed by atoms with E-state index >= 15 is 0 Å². The molecule has 2 heterocycles. The summed E-state index contributed by atoms with van der Waals surface area (Å²) in [7, 11) is -3.03. The quantitative estimate of drug-likeness (QED) is 0.597. The molecule has 4 rings (SSSR count). The zero-order valence-corrected chi connectivity index (χ0v) is 19.1. The first-order chi connectivity index (χ1) is 14.5. The highest BCUT2D eigenvalue weighted by Gasteiger charge is 2.38. The molecule has 0 radical (unpaired) electrons. The summed E-state index contributed by atoms with van der Waals surface area (Å²) < 4.78 is 24.7. The third kappa shape index (κ3) is 5.53. The molecule has 1 atom stereocenters. The number of anilines is 1. The normalized spacial score (nSPS) is 21.0. The lowest BCUT2D eigenvalue weighted by molar-refractivity contribution is -0.132. The minimum Gasteiger partial charge on any atom is -0.356 e. The Balaban J connectivity index is 1.33. The average Bonchev–Trinajstić information content (AvgIpc) is 3.48. The van der Waals surface area contributed by atoms with Gasteiger partial charge in [-0.3, -0.25) is 4.79 Å². The van der Waals surface area contributed by atoms with Gasteiger partial charge in [0.25, 0.3) is 0 Å². The molecule has 1 saturated heterocycles. The van der Waals surface area contributed by atoms with Gasteiger partial charge in [0.15, 0.2) is 14.2 Å². The van der Waals surface area contributed by atoms with Crippen LogP contribution in [0.2, 0.25) is 0 Å². The van der Waals surface area contributed by atoms with Gasteiger partial charge in [0.1, 0.15) is 0 Å². The summed E-state index contributed by atoms with van der Waals surface area (Å²) in [4.78, 5) is 15.0. The van der Waals surface area contributed by atoms with Gasteiger partial charge in [-0.2, -0.15) is 0 Å². The second-order valence-corrected chi connectivity index (χ2v) is 12.2. The number of thioether (sulfide) groups is 1. The molecule has 1 aliphatic heterocycles. The first-order valence-corrected chi connectivity index (χ1v) is 13.9. The van der Waals surface area contributed by atoms with Crippen molar-refractivity contribution in [3.63, 3.8) is 0 Å². The Hall–Kier alpha value is -1.65. The summed E-state index contributed by atoms with van der Waals surface area (Å²) in [6.07, 6.45) is 4.71. The van der Waals surface area contributed by atoms with Crippen LogP contribution in [0.15, 0.2) is 34.7 Å². The fourth-order valence-electron chi connectivity index (χ4n) is 4.19. The predicted octanol–water partition coefficient (Wildman–Crippen LogP) is 3.20. The second-order valence-electron chi connectivity index (χ2n) is 7.80. The van der Waals surface area contributed by atoms with Crippen LogP contribution in [0.4, 0.5) is 5.13 Å². The largest absolute Gasteiger partial charge is 0.356 e. The van der Waals surface area contributed by atoms with Crippen molar-refractivity contribution in [3.8, 4) is 0 Å². The highest BCUT2D eigenvalue weighted by Crippen LogP contribution is 2.31. The molecule has 0 spiro atoms. The Kier molecular flexibility index (Phi) is 6.94. The number of hydrogen-bond donors (Lipinski definition) is 1. The number of benzene rings is 1. The zero-order valence-electron chi connectivity index (χ0n) is 16.7. The summed E-state index contributed by atoms with van der Waals surface area (Å²) in [6.45, 7) is 0.671. The third-order valence-corrected chi connectivity index (χ3v) is 9.37. The lowest BCUT2D eigenvalue weighted by atomic mass is 10.1. The van der Waals surface area contributed by atoms with E-state index in [2.05, 4.69) is 15.5 Å². The third-order valence-electron chi connectivity index (χ3n) is 5.62. The fraction of sp³-hybridized carbons (Fsp3) is 0.550. The molecule has 1 unspecified atom stereocenters. The number of carbonyl (C=O) groups excluding carboxylic acids is 1. The molecular weight excluding hydrogens is 440 g/mol.